The van der Waals surface area contributed by atoms with Gasteiger partial charge in [0.05, 0.1) is 10.6 Å². The van der Waals surface area contributed by atoms with Gasteiger partial charge < -0.3 is 11.1 Å². The molecule has 0 bridgehead atoms. The molecule has 1 aromatic heterocycles. The van der Waals surface area contributed by atoms with Gasteiger partial charge in [0.25, 0.3) is 5.91 Å². The van der Waals surface area contributed by atoms with Crippen LogP contribution in [-0.4, -0.2) is 5.91 Å². The predicted molar refractivity (Wildman–Crippen MR) is 107 cm³/mol. The maximum atomic E-state index is 12.8. The second kappa shape index (κ2) is 7.48. The summed E-state index contributed by atoms with van der Waals surface area (Å²) in [6, 6.07) is 14.9. The van der Waals surface area contributed by atoms with Crippen molar-refractivity contribution in [1.29, 1.82) is 0 Å². The second-order valence-corrected chi connectivity index (χ2v) is 7.66. The third kappa shape index (κ3) is 3.82. The zero-order chi connectivity index (χ0) is 18.0. The fraction of sp³-hybridized carbons (Fsp3) is 0.105. The molecule has 0 fully saturated rings. The van der Waals surface area contributed by atoms with Crippen molar-refractivity contribution in [2.45, 2.75) is 13.5 Å². The van der Waals surface area contributed by atoms with Crippen LogP contribution in [-0.2, 0) is 6.54 Å². The van der Waals surface area contributed by atoms with E-state index in [0.29, 0.717) is 27.2 Å². The van der Waals surface area contributed by atoms with Gasteiger partial charge in [-0.25, -0.2) is 0 Å². The van der Waals surface area contributed by atoms with Crippen LogP contribution in [0, 0.1) is 6.92 Å². The molecule has 1 heterocycles. The van der Waals surface area contributed by atoms with E-state index >= 15 is 0 Å². The number of aryl methyl sites for hydroxylation is 1. The van der Waals surface area contributed by atoms with E-state index in [1.165, 1.54) is 11.3 Å². The Morgan fingerprint density at radius 2 is 1.88 bits per heavy atom. The number of carbonyl (C=O) groups is 1. The minimum atomic E-state index is -0.216. The molecule has 3 nitrogen and oxygen atoms in total. The summed E-state index contributed by atoms with van der Waals surface area (Å²) in [5.41, 5.74) is 9.11. The molecule has 0 aliphatic carbocycles. The molecule has 0 spiro atoms. The molecule has 3 N–H and O–H groups in total. The quantitative estimate of drug-likeness (QED) is 0.613. The van der Waals surface area contributed by atoms with Crippen LogP contribution < -0.4 is 11.1 Å². The molecule has 6 heteroatoms. The molecular formula is C19H16Cl2N2OS. The Morgan fingerprint density at radius 3 is 2.56 bits per heavy atom. The van der Waals surface area contributed by atoms with Crippen LogP contribution in [0.4, 0.5) is 5.00 Å². The van der Waals surface area contributed by atoms with Gasteiger partial charge in [-0.3, -0.25) is 4.79 Å². The molecule has 0 saturated carbocycles. The molecule has 0 saturated heterocycles. The standard InChI is InChI=1S/C19H16Cl2N2OS/c1-11-16(14-8-7-13(20)9-15(14)21)17(18(22)25-11)19(24)23-10-12-5-3-2-4-6-12/h2-9H,10,22H2,1H3,(H,23,24). The van der Waals surface area contributed by atoms with Crippen LogP contribution in [0.3, 0.4) is 0 Å². The first-order chi connectivity index (χ1) is 12.0. The summed E-state index contributed by atoms with van der Waals surface area (Å²) >= 11 is 13.7. The number of hydrogen-bond donors (Lipinski definition) is 2. The SMILES string of the molecule is Cc1sc(N)c(C(=O)NCc2ccccc2)c1-c1ccc(Cl)cc1Cl. The Labute approximate surface area is 160 Å². The van der Waals surface area contributed by atoms with E-state index in [0.717, 1.165) is 21.6 Å². The highest BCUT2D eigenvalue weighted by molar-refractivity contribution is 7.16. The maximum absolute atomic E-state index is 12.8. The van der Waals surface area contributed by atoms with Gasteiger partial charge in [-0.1, -0.05) is 59.6 Å². The van der Waals surface area contributed by atoms with Gasteiger partial charge in [0, 0.05) is 32.6 Å². The number of anilines is 1. The first-order valence-electron chi connectivity index (χ1n) is 7.63. The van der Waals surface area contributed by atoms with Gasteiger partial charge in [-0.15, -0.1) is 11.3 Å². The highest BCUT2D eigenvalue weighted by Gasteiger charge is 2.23. The van der Waals surface area contributed by atoms with Gasteiger partial charge in [-0.05, 0) is 24.6 Å². The van der Waals surface area contributed by atoms with Gasteiger partial charge in [0.1, 0.15) is 0 Å². The summed E-state index contributed by atoms with van der Waals surface area (Å²) in [6.07, 6.45) is 0. The molecule has 25 heavy (non-hydrogen) atoms. The van der Waals surface area contributed by atoms with Crippen molar-refractivity contribution >= 4 is 45.4 Å². The van der Waals surface area contributed by atoms with Crippen LogP contribution >= 0.6 is 34.5 Å². The minimum Gasteiger partial charge on any atom is -0.390 e. The zero-order valence-electron chi connectivity index (χ0n) is 13.5. The number of nitrogens with one attached hydrogen (secondary N) is 1. The Kier molecular flexibility index (Phi) is 5.33. The molecular weight excluding hydrogens is 375 g/mol. The summed E-state index contributed by atoms with van der Waals surface area (Å²) in [7, 11) is 0. The highest BCUT2D eigenvalue weighted by Crippen LogP contribution is 2.41. The summed E-state index contributed by atoms with van der Waals surface area (Å²) in [5.74, 6) is -0.216. The molecule has 2 aromatic carbocycles. The normalized spacial score (nSPS) is 10.7. The average molecular weight is 391 g/mol. The number of hydrogen-bond acceptors (Lipinski definition) is 3. The number of carbonyl (C=O) groups excluding carboxylic acids is 1. The van der Waals surface area contributed by atoms with Crippen molar-refractivity contribution in [3.8, 4) is 11.1 Å². The van der Waals surface area contributed by atoms with Gasteiger partial charge in [0.2, 0.25) is 0 Å². The van der Waals surface area contributed by atoms with Gasteiger partial charge in [-0.2, -0.15) is 0 Å². The number of rotatable bonds is 4. The van der Waals surface area contributed by atoms with Crippen molar-refractivity contribution in [3.05, 3.63) is 74.6 Å². The molecule has 0 aliphatic heterocycles. The fourth-order valence-electron chi connectivity index (χ4n) is 2.67. The van der Waals surface area contributed by atoms with Crippen molar-refractivity contribution in [2.75, 3.05) is 5.73 Å². The van der Waals surface area contributed by atoms with Crippen LogP contribution in [0.5, 0.6) is 0 Å². The van der Waals surface area contributed by atoms with Crippen LogP contribution in [0.2, 0.25) is 10.0 Å². The van der Waals surface area contributed by atoms with Crippen LogP contribution in [0.15, 0.2) is 48.5 Å². The number of nitrogens with two attached hydrogens (primary N) is 1. The third-order valence-corrected chi connectivity index (χ3v) is 5.32. The lowest BCUT2D eigenvalue weighted by molar-refractivity contribution is 0.0953. The first-order valence-corrected chi connectivity index (χ1v) is 9.21. The minimum absolute atomic E-state index is 0.216. The van der Waals surface area contributed by atoms with Crippen molar-refractivity contribution in [2.24, 2.45) is 0 Å². The van der Waals surface area contributed by atoms with Crippen molar-refractivity contribution in [3.63, 3.8) is 0 Å². The van der Waals surface area contributed by atoms with E-state index in [4.69, 9.17) is 28.9 Å². The lowest BCUT2D eigenvalue weighted by Crippen LogP contribution is -2.23. The lowest BCUT2D eigenvalue weighted by atomic mass is 10.0. The van der Waals surface area contributed by atoms with E-state index in [-0.39, 0.29) is 5.91 Å². The number of amides is 1. The van der Waals surface area contributed by atoms with E-state index in [1.54, 1.807) is 12.1 Å². The Hall–Kier alpha value is -2.01. The second-order valence-electron chi connectivity index (χ2n) is 5.56. The molecule has 0 unspecified atom stereocenters. The Morgan fingerprint density at radius 1 is 1.16 bits per heavy atom. The van der Waals surface area contributed by atoms with E-state index in [1.807, 2.05) is 43.3 Å². The number of benzene rings is 2. The van der Waals surface area contributed by atoms with Crippen molar-refractivity contribution in [1.82, 2.24) is 5.32 Å². The average Bonchev–Trinajstić information content (AvgIpc) is 2.88. The predicted octanol–water partition coefficient (Wildman–Crippen LogP) is 5.54. The van der Waals surface area contributed by atoms with Gasteiger partial charge in [0.15, 0.2) is 0 Å². The molecule has 128 valence electrons. The molecule has 0 aliphatic rings. The summed E-state index contributed by atoms with van der Waals surface area (Å²) in [6.45, 7) is 2.36. The fourth-order valence-corrected chi connectivity index (χ4v) is 4.12. The van der Waals surface area contributed by atoms with Crippen LogP contribution in [0.1, 0.15) is 20.8 Å². The van der Waals surface area contributed by atoms with E-state index in [9.17, 15) is 4.79 Å². The maximum Gasteiger partial charge on any atom is 0.255 e. The van der Waals surface area contributed by atoms with Crippen molar-refractivity contribution < 1.29 is 4.79 Å². The van der Waals surface area contributed by atoms with E-state index < -0.39 is 0 Å². The molecule has 0 radical (unpaired) electrons. The molecule has 3 rings (SSSR count). The van der Waals surface area contributed by atoms with E-state index in [2.05, 4.69) is 5.32 Å². The molecule has 0 atom stereocenters. The monoisotopic (exact) mass is 390 g/mol. The first kappa shape index (κ1) is 17.8. The Bertz CT molecular complexity index is 923. The number of thiophene rings is 1. The highest BCUT2D eigenvalue weighted by atomic mass is 35.5. The lowest BCUT2D eigenvalue weighted by Gasteiger charge is -2.10. The van der Waals surface area contributed by atoms with Crippen LogP contribution in [0.25, 0.3) is 11.1 Å². The largest absolute Gasteiger partial charge is 0.390 e. The van der Waals surface area contributed by atoms with Gasteiger partial charge >= 0.3 is 0 Å². The zero-order valence-corrected chi connectivity index (χ0v) is 15.8. The number of halogens is 2. The molecule has 3 aromatic rings. The third-order valence-electron chi connectivity index (χ3n) is 3.83. The smallest absolute Gasteiger partial charge is 0.255 e. The number of nitrogen functional groups attached to an aromatic ring is 1. The Balaban J connectivity index is 1.95. The summed E-state index contributed by atoms with van der Waals surface area (Å²) < 4.78 is 0. The molecule has 1 amide bonds. The topological polar surface area (TPSA) is 55.1 Å². The summed E-state index contributed by atoms with van der Waals surface area (Å²) in [4.78, 5) is 13.7. The summed E-state index contributed by atoms with van der Waals surface area (Å²) in [5, 5.41) is 4.44.